The zero-order valence-electron chi connectivity index (χ0n) is 19.7. The molecule has 2 aliphatic carbocycles. The SMILES string of the molecule is [C-]#[N+]C([N+]#[C-])=C1Cc2c(F)c3c(c(F)c2=C1c1cc(F)nc(F)c1)CC(=C(C#N)C#N)C=3c1cc(F)nc(F)c1. The van der Waals surface area contributed by atoms with Crippen molar-refractivity contribution in [2.24, 2.45) is 0 Å². The molecule has 3 aromatic rings. The minimum absolute atomic E-state index is 0.195. The standard InChI is InChI=1S/C28H8F6N6/c1-37-28(38-2)17-8-16-25(23(17)12-5-20(31)40-21(32)6-12)26(33)15-7-14(13(9-35)10-36)22(24(15)27(16)34)11-3-18(29)39-19(30)4-11/h3-6H,7-8H2. The van der Waals surface area contributed by atoms with Crippen LogP contribution in [0.15, 0.2) is 46.8 Å². The predicted octanol–water partition coefficient (Wildman–Crippen LogP) is 4.22. The van der Waals surface area contributed by atoms with Crippen LogP contribution in [0.2, 0.25) is 0 Å². The van der Waals surface area contributed by atoms with Gasteiger partial charge in [-0.25, -0.2) is 8.78 Å². The molecule has 1 aromatic carbocycles. The lowest BCUT2D eigenvalue weighted by Gasteiger charge is -2.08. The van der Waals surface area contributed by atoms with Crippen LogP contribution in [0.25, 0.3) is 20.8 Å². The smallest absolute Gasteiger partial charge is 0.206 e. The molecule has 0 atom stereocenters. The number of hydrogen-bond acceptors (Lipinski definition) is 4. The van der Waals surface area contributed by atoms with E-state index >= 15 is 8.78 Å². The van der Waals surface area contributed by atoms with Crippen LogP contribution in [-0.2, 0) is 12.8 Å². The second-order valence-corrected chi connectivity index (χ2v) is 8.54. The van der Waals surface area contributed by atoms with Crippen molar-refractivity contribution in [2.45, 2.75) is 12.8 Å². The summed E-state index contributed by atoms with van der Waals surface area (Å²) in [6.07, 6.45) is -1.09. The second kappa shape index (κ2) is 9.54. The molecule has 0 saturated heterocycles. The molecule has 0 radical (unpaired) electrons. The van der Waals surface area contributed by atoms with Gasteiger partial charge in [-0.3, -0.25) is 0 Å². The highest BCUT2D eigenvalue weighted by Crippen LogP contribution is 2.37. The monoisotopic (exact) mass is 542 g/mol. The van der Waals surface area contributed by atoms with E-state index in [-0.39, 0.29) is 33.4 Å². The first-order chi connectivity index (χ1) is 19.1. The summed E-state index contributed by atoms with van der Waals surface area (Å²) in [5, 5.41) is 18.0. The van der Waals surface area contributed by atoms with Crippen molar-refractivity contribution in [1.82, 2.24) is 9.97 Å². The lowest BCUT2D eigenvalue weighted by atomic mass is 9.96. The highest BCUT2D eigenvalue weighted by atomic mass is 19.2. The van der Waals surface area contributed by atoms with Gasteiger partial charge >= 0.3 is 5.82 Å². The molecular weight excluding hydrogens is 534 g/mol. The third-order valence-corrected chi connectivity index (χ3v) is 6.49. The molecule has 2 aromatic heterocycles. The summed E-state index contributed by atoms with van der Waals surface area (Å²) in [5.74, 6) is -8.02. The zero-order valence-corrected chi connectivity index (χ0v) is 19.7. The largest absolute Gasteiger partial charge is 0.523 e. The Hall–Kier alpha value is -5.72. The molecule has 0 amide bonds. The normalized spacial score (nSPS) is 13.2. The maximum Gasteiger partial charge on any atom is 0.523 e. The molecule has 2 heterocycles. The van der Waals surface area contributed by atoms with Crippen molar-refractivity contribution in [2.75, 3.05) is 0 Å². The quantitative estimate of drug-likeness (QED) is 0.210. The van der Waals surface area contributed by atoms with E-state index in [9.17, 15) is 28.1 Å². The highest BCUT2D eigenvalue weighted by molar-refractivity contribution is 5.88. The Morgan fingerprint density at radius 3 is 1.43 bits per heavy atom. The number of allylic oxidation sites excluding steroid dienone is 3. The van der Waals surface area contributed by atoms with Gasteiger partial charge in [0, 0.05) is 58.7 Å². The number of nitrogens with zero attached hydrogens (tertiary/aromatic N) is 6. The molecule has 192 valence electrons. The van der Waals surface area contributed by atoms with Crippen LogP contribution in [0.3, 0.4) is 0 Å². The molecule has 2 aliphatic rings. The zero-order chi connectivity index (χ0) is 28.9. The number of aromatic nitrogens is 2. The summed E-state index contributed by atoms with van der Waals surface area (Å²) in [6.45, 7) is 14.7. The van der Waals surface area contributed by atoms with Crippen LogP contribution in [0.5, 0.6) is 0 Å². The molecule has 0 N–H and O–H groups in total. The molecule has 6 nitrogen and oxygen atoms in total. The van der Waals surface area contributed by atoms with E-state index in [1.54, 1.807) is 12.1 Å². The number of fused-ring (bicyclic) bond motifs is 2. The topological polar surface area (TPSA) is 82.1 Å². The first-order valence-corrected chi connectivity index (χ1v) is 11.1. The number of nitriles is 2. The summed E-state index contributed by atoms with van der Waals surface area (Å²) in [6, 6.07) is 6.16. The van der Waals surface area contributed by atoms with Crippen LogP contribution in [0.1, 0.15) is 22.3 Å². The van der Waals surface area contributed by atoms with Gasteiger partial charge in [0.05, 0.1) is 5.57 Å². The van der Waals surface area contributed by atoms with Gasteiger partial charge in [0.1, 0.15) is 42.5 Å². The molecule has 0 bridgehead atoms. The molecule has 5 rings (SSSR count). The van der Waals surface area contributed by atoms with Crippen LogP contribution >= 0.6 is 0 Å². The third-order valence-electron chi connectivity index (χ3n) is 6.49. The minimum atomic E-state index is -1.30. The van der Waals surface area contributed by atoms with E-state index in [1.807, 2.05) is 0 Å². The third kappa shape index (κ3) is 3.88. The van der Waals surface area contributed by atoms with Crippen LogP contribution in [0.4, 0.5) is 26.3 Å². The summed E-state index contributed by atoms with van der Waals surface area (Å²) in [7, 11) is 0. The van der Waals surface area contributed by atoms with E-state index in [4.69, 9.17) is 13.1 Å². The Labute approximate surface area is 221 Å². The maximum absolute atomic E-state index is 16.4. The van der Waals surface area contributed by atoms with Gasteiger partial charge in [-0.2, -0.15) is 47.7 Å². The van der Waals surface area contributed by atoms with Crippen LogP contribution in [-0.4, -0.2) is 9.97 Å². The van der Waals surface area contributed by atoms with Crippen LogP contribution in [0, 0.1) is 71.2 Å². The van der Waals surface area contributed by atoms with Gasteiger partial charge in [-0.05, 0) is 27.8 Å². The fraction of sp³-hybridized carbons (Fsp3) is 0.0714. The number of pyridine rings is 2. The Morgan fingerprint density at radius 2 is 1.05 bits per heavy atom. The summed E-state index contributed by atoms with van der Waals surface area (Å²) >= 11 is 0. The van der Waals surface area contributed by atoms with E-state index in [0.29, 0.717) is 0 Å². The van der Waals surface area contributed by atoms with Crippen molar-refractivity contribution in [1.29, 1.82) is 10.5 Å². The van der Waals surface area contributed by atoms with Gasteiger partial charge < -0.3 is 0 Å². The van der Waals surface area contributed by atoms with E-state index in [0.717, 1.165) is 24.3 Å². The Kier molecular flexibility index (Phi) is 6.18. The van der Waals surface area contributed by atoms with Gasteiger partial charge in [0.2, 0.25) is 23.8 Å². The highest BCUT2D eigenvalue weighted by Gasteiger charge is 2.36. The average Bonchev–Trinajstić information content (AvgIpc) is 3.49. The Bertz CT molecular complexity index is 1840. The van der Waals surface area contributed by atoms with Crippen molar-refractivity contribution in [3.63, 3.8) is 0 Å². The Morgan fingerprint density at radius 1 is 0.675 bits per heavy atom. The van der Waals surface area contributed by atoms with Crippen molar-refractivity contribution in [3.05, 3.63) is 138 Å². The Balaban J connectivity index is 2.03. The summed E-state index contributed by atoms with van der Waals surface area (Å²) in [5.41, 5.74) is -3.01. The maximum atomic E-state index is 16.4. The second-order valence-electron chi connectivity index (χ2n) is 8.54. The minimum Gasteiger partial charge on any atom is -0.206 e. The molecule has 0 aliphatic heterocycles. The number of hydrogen-bond donors (Lipinski definition) is 0. The van der Waals surface area contributed by atoms with Gasteiger partial charge in [-0.15, -0.1) is 0 Å². The molecule has 40 heavy (non-hydrogen) atoms. The van der Waals surface area contributed by atoms with E-state index in [1.165, 1.54) is 0 Å². The molecule has 0 unspecified atom stereocenters. The fourth-order valence-corrected chi connectivity index (χ4v) is 5.05. The number of benzene rings is 1. The van der Waals surface area contributed by atoms with Gasteiger partial charge in [0.15, 0.2) is 0 Å². The lowest BCUT2D eigenvalue weighted by Crippen LogP contribution is -2.27. The molecule has 0 saturated carbocycles. The van der Waals surface area contributed by atoms with Gasteiger partial charge in [0.25, 0.3) is 0 Å². The lowest BCUT2D eigenvalue weighted by molar-refractivity contribution is 0.511. The van der Waals surface area contributed by atoms with Gasteiger partial charge in [-0.1, -0.05) is 0 Å². The molecule has 0 spiro atoms. The summed E-state index contributed by atoms with van der Waals surface area (Å²) < 4.78 is 89.0. The number of halogens is 6. The number of rotatable bonds is 2. The van der Waals surface area contributed by atoms with E-state index < -0.39 is 81.2 Å². The van der Waals surface area contributed by atoms with E-state index in [2.05, 4.69) is 19.7 Å². The van der Waals surface area contributed by atoms with Crippen molar-refractivity contribution in [3.8, 4) is 12.1 Å². The fourth-order valence-electron chi connectivity index (χ4n) is 5.05. The first-order valence-electron chi connectivity index (χ1n) is 11.1. The van der Waals surface area contributed by atoms with Crippen molar-refractivity contribution < 1.29 is 26.3 Å². The first kappa shape index (κ1) is 25.9. The molecule has 0 fully saturated rings. The summed E-state index contributed by atoms with van der Waals surface area (Å²) in [4.78, 5) is 12.2. The average molecular weight is 542 g/mol. The van der Waals surface area contributed by atoms with Crippen molar-refractivity contribution >= 4 is 11.1 Å². The van der Waals surface area contributed by atoms with Crippen LogP contribution < -0.4 is 10.4 Å². The predicted molar refractivity (Wildman–Crippen MR) is 125 cm³/mol. The molecular formula is C28H8F6N6. The molecule has 12 heteroatoms.